The normalized spacial score (nSPS) is 18.2. The Morgan fingerprint density at radius 3 is 3.04 bits per heavy atom. The molecule has 0 amide bonds. The van der Waals surface area contributed by atoms with Crippen LogP contribution in [0.3, 0.4) is 0 Å². The molecule has 24 heavy (non-hydrogen) atoms. The highest BCUT2D eigenvalue weighted by Gasteiger charge is 2.29. The van der Waals surface area contributed by atoms with Gasteiger partial charge < -0.3 is 4.90 Å². The second-order valence-electron chi connectivity index (χ2n) is 6.23. The number of rotatable bonds is 3. The van der Waals surface area contributed by atoms with Gasteiger partial charge in [-0.2, -0.15) is 5.10 Å². The van der Waals surface area contributed by atoms with Gasteiger partial charge in [-0.05, 0) is 31.2 Å². The van der Waals surface area contributed by atoms with Gasteiger partial charge in [-0.3, -0.25) is 9.48 Å². The van der Waals surface area contributed by atoms with Crippen molar-refractivity contribution in [2.45, 2.75) is 19.8 Å². The quantitative estimate of drug-likeness (QED) is 0.686. The molecule has 3 aromatic heterocycles. The zero-order valence-corrected chi connectivity index (χ0v) is 14.6. The summed E-state index contributed by atoms with van der Waals surface area (Å²) >= 11 is 1.52. The van der Waals surface area contributed by atoms with Crippen molar-refractivity contribution in [3.05, 3.63) is 34.4 Å². The Labute approximate surface area is 144 Å². The number of carbonyl (C=O) groups excluding carboxylic acids is 1. The molecule has 4 rings (SSSR count). The van der Waals surface area contributed by atoms with Crippen molar-refractivity contribution in [2.75, 3.05) is 18.0 Å². The van der Waals surface area contributed by atoms with Crippen LogP contribution in [0, 0.1) is 12.8 Å². The number of hydrogen-bond donors (Lipinski definition) is 0. The maximum Gasteiger partial charge on any atom is 0.177 e. The molecule has 7 heteroatoms. The monoisotopic (exact) mass is 341 g/mol. The van der Waals surface area contributed by atoms with Crippen LogP contribution in [0.4, 0.5) is 5.82 Å². The molecule has 3 aromatic rings. The zero-order chi connectivity index (χ0) is 16.7. The van der Waals surface area contributed by atoms with Gasteiger partial charge in [0, 0.05) is 26.1 Å². The van der Waals surface area contributed by atoms with Crippen LogP contribution < -0.4 is 4.90 Å². The summed E-state index contributed by atoms with van der Waals surface area (Å²) in [5, 5.41) is 7.22. The Morgan fingerprint density at radius 2 is 2.25 bits per heavy atom. The number of anilines is 1. The summed E-state index contributed by atoms with van der Waals surface area (Å²) < 4.78 is 1.77. The number of nitrogens with zero attached hydrogens (tertiary/aromatic N) is 5. The van der Waals surface area contributed by atoms with Crippen LogP contribution in [-0.4, -0.2) is 38.6 Å². The molecule has 1 saturated heterocycles. The smallest absolute Gasteiger partial charge is 0.177 e. The van der Waals surface area contributed by atoms with E-state index < -0.39 is 0 Å². The topological polar surface area (TPSA) is 63.9 Å². The summed E-state index contributed by atoms with van der Waals surface area (Å²) in [6, 6.07) is 3.85. The van der Waals surface area contributed by atoms with E-state index in [1.807, 2.05) is 37.7 Å². The number of Topliss-reactive ketones (excluding diaryl/α,β-unsaturated/α-hetero) is 1. The van der Waals surface area contributed by atoms with Gasteiger partial charge in [0.2, 0.25) is 0 Å². The molecular weight excluding hydrogens is 322 g/mol. The van der Waals surface area contributed by atoms with E-state index in [1.165, 1.54) is 11.3 Å². The van der Waals surface area contributed by atoms with Crippen LogP contribution in [0.5, 0.6) is 0 Å². The first-order chi connectivity index (χ1) is 11.6. The Bertz CT molecular complexity index is 886. The van der Waals surface area contributed by atoms with Crippen LogP contribution in [0.2, 0.25) is 0 Å². The van der Waals surface area contributed by atoms with Crippen LogP contribution >= 0.6 is 11.3 Å². The first kappa shape index (κ1) is 15.3. The van der Waals surface area contributed by atoms with E-state index in [2.05, 4.69) is 20.0 Å². The van der Waals surface area contributed by atoms with Crippen molar-refractivity contribution >= 4 is 34.0 Å². The Kier molecular flexibility index (Phi) is 3.80. The van der Waals surface area contributed by atoms with Gasteiger partial charge in [0.1, 0.15) is 11.6 Å². The van der Waals surface area contributed by atoms with Crippen molar-refractivity contribution in [3.63, 3.8) is 0 Å². The van der Waals surface area contributed by atoms with Crippen molar-refractivity contribution < 1.29 is 4.79 Å². The van der Waals surface area contributed by atoms with Gasteiger partial charge >= 0.3 is 0 Å². The average molecular weight is 341 g/mol. The van der Waals surface area contributed by atoms with Gasteiger partial charge in [0.25, 0.3) is 0 Å². The molecule has 1 aliphatic rings. The number of piperidine rings is 1. The lowest BCUT2D eigenvalue weighted by atomic mass is 9.93. The highest BCUT2D eigenvalue weighted by atomic mass is 32.1. The molecule has 0 aliphatic carbocycles. The number of aromatic nitrogens is 4. The van der Waals surface area contributed by atoms with Crippen molar-refractivity contribution in [2.24, 2.45) is 13.0 Å². The van der Waals surface area contributed by atoms with E-state index in [4.69, 9.17) is 0 Å². The predicted molar refractivity (Wildman–Crippen MR) is 94.6 cm³/mol. The van der Waals surface area contributed by atoms with E-state index in [-0.39, 0.29) is 11.7 Å². The Balaban J connectivity index is 1.66. The predicted octanol–water partition coefficient (Wildman–Crippen LogP) is 2.83. The molecule has 124 valence electrons. The average Bonchev–Trinajstić information content (AvgIpc) is 3.24. The molecular formula is C17H19N5OS. The fourth-order valence-corrected chi connectivity index (χ4v) is 4.10. The van der Waals surface area contributed by atoms with Gasteiger partial charge in [-0.15, -0.1) is 11.3 Å². The van der Waals surface area contributed by atoms with E-state index in [1.54, 1.807) is 4.68 Å². The zero-order valence-electron chi connectivity index (χ0n) is 13.8. The maximum atomic E-state index is 12.7. The third-order valence-corrected chi connectivity index (χ3v) is 5.42. The lowest BCUT2D eigenvalue weighted by Crippen LogP contribution is -2.39. The van der Waals surface area contributed by atoms with Crippen LogP contribution in [-0.2, 0) is 7.05 Å². The summed E-state index contributed by atoms with van der Waals surface area (Å²) in [5.74, 6) is 1.91. The minimum Gasteiger partial charge on any atom is -0.355 e. The Hall–Kier alpha value is -2.28. The number of carbonyl (C=O) groups is 1. The molecule has 1 fully saturated rings. The van der Waals surface area contributed by atoms with Gasteiger partial charge in [0.15, 0.2) is 11.4 Å². The molecule has 0 aromatic carbocycles. The summed E-state index contributed by atoms with van der Waals surface area (Å²) in [7, 11) is 1.89. The summed E-state index contributed by atoms with van der Waals surface area (Å²) in [4.78, 5) is 24.9. The number of aryl methyl sites for hydroxylation is 2. The lowest BCUT2D eigenvalue weighted by Gasteiger charge is -2.33. The number of fused-ring (bicyclic) bond motifs is 1. The van der Waals surface area contributed by atoms with Crippen molar-refractivity contribution in [1.29, 1.82) is 0 Å². The SMILES string of the molecule is Cc1nc(N2CCC[C@H](C(=O)c3cccs3)C2)c2cnn(C)c2n1. The largest absolute Gasteiger partial charge is 0.355 e. The molecule has 0 unspecified atom stereocenters. The van der Waals surface area contributed by atoms with Crippen LogP contribution in [0.25, 0.3) is 11.0 Å². The minimum absolute atomic E-state index is 0.0272. The lowest BCUT2D eigenvalue weighted by molar-refractivity contribution is 0.0911. The minimum atomic E-state index is 0.0272. The van der Waals surface area contributed by atoms with E-state index >= 15 is 0 Å². The molecule has 1 atom stereocenters. The second kappa shape index (κ2) is 5.98. The van der Waals surface area contributed by atoms with E-state index in [0.717, 1.165) is 46.9 Å². The number of ketones is 1. The maximum absolute atomic E-state index is 12.7. The highest BCUT2D eigenvalue weighted by molar-refractivity contribution is 7.12. The van der Waals surface area contributed by atoms with Crippen molar-refractivity contribution in [1.82, 2.24) is 19.7 Å². The van der Waals surface area contributed by atoms with E-state index in [0.29, 0.717) is 6.54 Å². The summed E-state index contributed by atoms with van der Waals surface area (Å²) in [6.07, 6.45) is 3.74. The fraction of sp³-hybridized carbons (Fsp3) is 0.412. The molecule has 4 heterocycles. The standard InChI is InChI=1S/C17H19N5OS/c1-11-19-16-13(9-18-21(16)2)17(20-11)22-7-3-5-12(10-22)15(23)14-6-4-8-24-14/h4,6,8-9,12H,3,5,7,10H2,1-2H3/t12-/m0/s1. The third-order valence-electron chi connectivity index (χ3n) is 4.54. The molecule has 1 aliphatic heterocycles. The van der Waals surface area contributed by atoms with E-state index in [9.17, 15) is 4.79 Å². The van der Waals surface area contributed by atoms with Gasteiger partial charge in [-0.25, -0.2) is 9.97 Å². The molecule has 0 bridgehead atoms. The molecule has 0 spiro atoms. The number of hydrogen-bond acceptors (Lipinski definition) is 6. The van der Waals surface area contributed by atoms with Gasteiger partial charge in [-0.1, -0.05) is 6.07 Å². The molecule has 0 radical (unpaired) electrons. The highest BCUT2D eigenvalue weighted by Crippen LogP contribution is 2.29. The first-order valence-corrected chi connectivity index (χ1v) is 9.00. The fourth-order valence-electron chi connectivity index (χ4n) is 3.36. The first-order valence-electron chi connectivity index (χ1n) is 8.12. The number of thiophene rings is 1. The van der Waals surface area contributed by atoms with Crippen LogP contribution in [0.1, 0.15) is 28.3 Å². The van der Waals surface area contributed by atoms with Gasteiger partial charge in [0.05, 0.1) is 16.5 Å². The second-order valence-corrected chi connectivity index (χ2v) is 7.17. The van der Waals surface area contributed by atoms with Crippen molar-refractivity contribution in [3.8, 4) is 0 Å². The van der Waals surface area contributed by atoms with Crippen LogP contribution in [0.15, 0.2) is 23.7 Å². The molecule has 6 nitrogen and oxygen atoms in total. The summed E-state index contributed by atoms with van der Waals surface area (Å²) in [5.41, 5.74) is 0.837. The molecule has 0 N–H and O–H groups in total. The third kappa shape index (κ3) is 2.58. The molecule has 0 saturated carbocycles. The Morgan fingerprint density at radius 1 is 1.38 bits per heavy atom. The summed E-state index contributed by atoms with van der Waals surface area (Å²) in [6.45, 7) is 3.51.